The number of aromatic nitrogens is 4. The molecular formula is C33H32FN7O3. The van der Waals surface area contributed by atoms with Crippen molar-refractivity contribution in [3.8, 4) is 17.0 Å². The number of nitrogens with one attached hydrogen (secondary N) is 1. The Morgan fingerprint density at radius 1 is 1.14 bits per heavy atom. The number of methoxy groups -OCH3 is 1. The summed E-state index contributed by atoms with van der Waals surface area (Å²) in [5.41, 5.74) is 7.39. The molecule has 2 aliphatic rings. The SMILES string of the molecule is COc1ccc(CN(C)c2cc(N3CCc4c(-c5cc(CO)ccn5)cccc43)nn3c(C(=O)N[C@@H]4C[C@@H]4F)cnc23)cc1. The Bertz CT molecular complexity index is 1860. The number of carbonyl (C=O) groups is 1. The van der Waals surface area contributed by atoms with Gasteiger partial charge in [-0.1, -0.05) is 24.3 Å². The molecule has 2 aromatic carbocycles. The van der Waals surface area contributed by atoms with Crippen molar-refractivity contribution in [2.75, 3.05) is 30.5 Å². The maximum absolute atomic E-state index is 13.6. The maximum atomic E-state index is 13.6. The highest BCUT2D eigenvalue weighted by molar-refractivity contribution is 5.94. The number of aliphatic hydroxyl groups excluding tert-OH is 1. The fourth-order valence-corrected chi connectivity index (χ4v) is 5.79. The van der Waals surface area contributed by atoms with E-state index >= 15 is 0 Å². The lowest BCUT2D eigenvalue weighted by Gasteiger charge is -2.24. The third-order valence-corrected chi connectivity index (χ3v) is 8.27. The van der Waals surface area contributed by atoms with E-state index in [1.807, 2.05) is 55.6 Å². The molecule has 2 atom stereocenters. The van der Waals surface area contributed by atoms with Gasteiger partial charge in [-0.25, -0.2) is 13.9 Å². The summed E-state index contributed by atoms with van der Waals surface area (Å²) in [6.07, 6.45) is 3.28. The van der Waals surface area contributed by atoms with E-state index in [9.17, 15) is 14.3 Å². The number of benzene rings is 2. The number of imidazole rings is 1. The molecule has 44 heavy (non-hydrogen) atoms. The van der Waals surface area contributed by atoms with Gasteiger partial charge in [-0.05, 0) is 53.4 Å². The molecule has 0 saturated heterocycles. The minimum atomic E-state index is -1.02. The van der Waals surface area contributed by atoms with E-state index in [0.717, 1.165) is 51.5 Å². The van der Waals surface area contributed by atoms with Gasteiger partial charge < -0.3 is 25.0 Å². The largest absolute Gasteiger partial charge is 0.497 e. The second kappa shape index (κ2) is 11.2. The quantitative estimate of drug-likeness (QED) is 0.258. The molecule has 1 fully saturated rings. The lowest BCUT2D eigenvalue weighted by Crippen LogP contribution is -2.29. The number of pyridine rings is 1. The number of rotatable bonds is 9. The number of hydrogen-bond acceptors (Lipinski definition) is 8. The Morgan fingerprint density at radius 2 is 1.95 bits per heavy atom. The van der Waals surface area contributed by atoms with Crippen LogP contribution in [0.4, 0.5) is 21.6 Å². The molecule has 1 amide bonds. The molecule has 3 aromatic heterocycles. The zero-order valence-electron chi connectivity index (χ0n) is 24.4. The number of fused-ring (bicyclic) bond motifs is 2. The Hall–Kier alpha value is -5.03. The summed E-state index contributed by atoms with van der Waals surface area (Å²) in [4.78, 5) is 26.6. The first kappa shape index (κ1) is 27.8. The first-order valence-corrected chi connectivity index (χ1v) is 14.6. The summed E-state index contributed by atoms with van der Waals surface area (Å²) in [7, 11) is 3.62. The van der Waals surface area contributed by atoms with Crippen LogP contribution in [0.15, 0.2) is 73.1 Å². The van der Waals surface area contributed by atoms with Crippen molar-refractivity contribution in [1.29, 1.82) is 0 Å². The van der Waals surface area contributed by atoms with Crippen LogP contribution >= 0.6 is 0 Å². The van der Waals surface area contributed by atoms with Crippen LogP contribution in [0.25, 0.3) is 16.9 Å². The van der Waals surface area contributed by atoms with Gasteiger partial charge in [-0.2, -0.15) is 0 Å². The number of amides is 1. The number of nitrogens with zero attached hydrogens (tertiary/aromatic N) is 6. The van der Waals surface area contributed by atoms with Gasteiger partial charge in [0.1, 0.15) is 11.9 Å². The van der Waals surface area contributed by atoms with Gasteiger partial charge in [-0.3, -0.25) is 9.78 Å². The summed E-state index contributed by atoms with van der Waals surface area (Å²) in [6.45, 7) is 1.20. The first-order chi connectivity index (χ1) is 21.4. The summed E-state index contributed by atoms with van der Waals surface area (Å²) < 4.78 is 20.5. The first-order valence-electron chi connectivity index (χ1n) is 14.6. The lowest BCUT2D eigenvalue weighted by atomic mass is 10.0. The van der Waals surface area contributed by atoms with Crippen molar-refractivity contribution < 1.29 is 19.0 Å². The van der Waals surface area contributed by atoms with Gasteiger partial charge >= 0.3 is 0 Å². The van der Waals surface area contributed by atoms with Gasteiger partial charge in [0.25, 0.3) is 5.91 Å². The van der Waals surface area contributed by atoms with Crippen LogP contribution in [0.5, 0.6) is 5.75 Å². The number of anilines is 3. The number of hydrogen-bond donors (Lipinski definition) is 2. The Kier molecular flexibility index (Phi) is 7.09. The Labute approximate surface area is 253 Å². The summed E-state index contributed by atoms with van der Waals surface area (Å²) in [5.74, 6) is 1.03. The van der Waals surface area contributed by atoms with Crippen molar-refractivity contribution in [1.82, 2.24) is 24.9 Å². The van der Waals surface area contributed by atoms with Crippen LogP contribution in [0.3, 0.4) is 0 Å². The molecule has 5 aromatic rings. The molecule has 4 heterocycles. The molecule has 0 bridgehead atoms. The number of carbonyl (C=O) groups excluding carboxylic acids is 1. The smallest absolute Gasteiger partial charge is 0.271 e. The minimum Gasteiger partial charge on any atom is -0.497 e. The van der Waals surface area contributed by atoms with Crippen LogP contribution in [-0.4, -0.2) is 63.5 Å². The van der Waals surface area contributed by atoms with Crippen molar-refractivity contribution in [3.05, 3.63) is 95.4 Å². The van der Waals surface area contributed by atoms with Gasteiger partial charge in [0, 0.05) is 50.1 Å². The molecule has 2 N–H and O–H groups in total. The molecule has 224 valence electrons. The Morgan fingerprint density at radius 3 is 2.70 bits per heavy atom. The molecule has 0 unspecified atom stereocenters. The topological polar surface area (TPSA) is 108 Å². The molecule has 0 radical (unpaired) electrons. The monoisotopic (exact) mass is 593 g/mol. The molecule has 7 rings (SSSR count). The van der Waals surface area contributed by atoms with Gasteiger partial charge in [0.15, 0.2) is 17.2 Å². The molecule has 1 saturated carbocycles. The lowest BCUT2D eigenvalue weighted by molar-refractivity contribution is 0.0940. The summed E-state index contributed by atoms with van der Waals surface area (Å²) in [6, 6.07) is 19.2. The second-order valence-electron chi connectivity index (χ2n) is 11.2. The van der Waals surface area contributed by atoms with Crippen LogP contribution in [-0.2, 0) is 19.6 Å². The second-order valence-corrected chi connectivity index (χ2v) is 11.2. The fourth-order valence-electron chi connectivity index (χ4n) is 5.79. The third kappa shape index (κ3) is 5.09. The highest BCUT2D eigenvalue weighted by Gasteiger charge is 2.39. The molecule has 1 aliphatic heterocycles. The third-order valence-electron chi connectivity index (χ3n) is 8.27. The average Bonchev–Trinajstić information content (AvgIpc) is 3.40. The van der Waals surface area contributed by atoms with Crippen LogP contribution in [0, 0.1) is 0 Å². The van der Waals surface area contributed by atoms with E-state index < -0.39 is 18.1 Å². The predicted octanol–water partition coefficient (Wildman–Crippen LogP) is 4.46. The predicted molar refractivity (Wildman–Crippen MR) is 165 cm³/mol. The average molecular weight is 594 g/mol. The van der Waals surface area contributed by atoms with Crippen molar-refractivity contribution in [2.45, 2.75) is 38.2 Å². The standard InChI is InChI=1S/C33H32FN7O3/c1-39(18-20-6-8-22(44-2)9-7-20)29-16-31(38-41-30(17-36-32(29)41)33(43)37-27-15-25(27)34)40-13-11-24-23(4-3-5-28(24)40)26-14-21(19-42)10-12-35-26/h3-10,12,14,16-17,25,27,42H,11,13,15,18-19H2,1-2H3,(H,37,43)/t25-,27+/m0/s1. The van der Waals surface area contributed by atoms with E-state index in [1.54, 1.807) is 23.9 Å². The molecular weight excluding hydrogens is 561 g/mol. The zero-order chi connectivity index (χ0) is 30.4. The van der Waals surface area contributed by atoms with Gasteiger partial charge in [0.2, 0.25) is 0 Å². The normalized spacial score (nSPS) is 17.0. The maximum Gasteiger partial charge on any atom is 0.271 e. The zero-order valence-corrected chi connectivity index (χ0v) is 24.4. The number of alkyl halides is 1. The van der Waals surface area contributed by atoms with Gasteiger partial charge in [0.05, 0.1) is 37.3 Å². The van der Waals surface area contributed by atoms with E-state index in [2.05, 4.69) is 31.2 Å². The van der Waals surface area contributed by atoms with Crippen LogP contribution in [0.1, 0.15) is 33.6 Å². The van der Waals surface area contributed by atoms with Gasteiger partial charge in [-0.15, -0.1) is 5.10 Å². The summed E-state index contributed by atoms with van der Waals surface area (Å²) in [5, 5.41) is 17.3. The highest BCUT2D eigenvalue weighted by Crippen LogP contribution is 2.40. The van der Waals surface area contributed by atoms with E-state index in [0.29, 0.717) is 31.0 Å². The van der Waals surface area contributed by atoms with Crippen LogP contribution in [0.2, 0.25) is 0 Å². The molecule has 10 nitrogen and oxygen atoms in total. The highest BCUT2D eigenvalue weighted by atomic mass is 19.1. The molecule has 11 heteroatoms. The van der Waals surface area contributed by atoms with Crippen molar-refractivity contribution in [2.24, 2.45) is 0 Å². The number of halogens is 1. The van der Waals surface area contributed by atoms with E-state index in [4.69, 9.17) is 9.84 Å². The fraction of sp³-hybridized carbons (Fsp3) is 0.273. The van der Waals surface area contributed by atoms with Crippen molar-refractivity contribution >= 4 is 28.7 Å². The van der Waals surface area contributed by atoms with Crippen LogP contribution < -0.4 is 19.9 Å². The minimum absolute atomic E-state index is 0.0546. The van der Waals surface area contributed by atoms with E-state index in [1.165, 1.54) is 6.20 Å². The number of ether oxygens (including phenoxy) is 1. The summed E-state index contributed by atoms with van der Waals surface area (Å²) >= 11 is 0. The molecule has 0 spiro atoms. The Balaban J connectivity index is 1.30. The van der Waals surface area contributed by atoms with E-state index in [-0.39, 0.29) is 12.3 Å². The molecule has 1 aliphatic carbocycles. The number of aliphatic hydroxyl groups is 1. The van der Waals surface area contributed by atoms with Crippen molar-refractivity contribution in [3.63, 3.8) is 0 Å².